The second-order valence-corrected chi connectivity index (χ2v) is 8.91. The van der Waals surface area contributed by atoms with E-state index >= 15 is 0 Å². The first-order valence-electron chi connectivity index (χ1n) is 7.88. The van der Waals surface area contributed by atoms with Crippen molar-refractivity contribution in [1.82, 2.24) is 9.62 Å². The van der Waals surface area contributed by atoms with Crippen LogP contribution in [0.3, 0.4) is 0 Å². The van der Waals surface area contributed by atoms with Crippen LogP contribution < -0.4 is 5.32 Å². The van der Waals surface area contributed by atoms with Crippen molar-refractivity contribution in [2.45, 2.75) is 43.2 Å². The summed E-state index contributed by atoms with van der Waals surface area (Å²) in [6.07, 6.45) is 4.19. The Bertz CT molecular complexity index is 541. The molecule has 1 N–H and O–H groups in total. The fourth-order valence-electron chi connectivity index (χ4n) is 2.68. The molecule has 0 saturated carbocycles. The minimum absolute atomic E-state index is 0.430. The van der Waals surface area contributed by atoms with Crippen LogP contribution in [0, 0.1) is 0 Å². The van der Waals surface area contributed by atoms with E-state index in [-0.39, 0.29) is 0 Å². The molecule has 0 radical (unpaired) electrons. The topological polar surface area (TPSA) is 49.4 Å². The van der Waals surface area contributed by atoms with Gasteiger partial charge < -0.3 is 5.32 Å². The Labute approximate surface area is 138 Å². The Morgan fingerprint density at radius 1 is 1.27 bits per heavy atom. The minimum atomic E-state index is -3.03. The molecule has 1 fully saturated rings. The average molecular weight is 343 g/mol. The van der Waals surface area contributed by atoms with Crippen molar-refractivity contribution >= 4 is 21.8 Å². The van der Waals surface area contributed by atoms with Gasteiger partial charge in [-0.05, 0) is 31.4 Å². The normalized spacial score (nSPS) is 19.2. The predicted octanol–water partition coefficient (Wildman–Crippen LogP) is 2.57. The van der Waals surface area contributed by atoms with Crippen LogP contribution in [0.5, 0.6) is 0 Å². The highest BCUT2D eigenvalue weighted by atomic mass is 32.2. The second kappa shape index (κ2) is 8.34. The zero-order chi connectivity index (χ0) is 16.0. The van der Waals surface area contributed by atoms with Gasteiger partial charge in [0.25, 0.3) is 0 Å². The lowest BCUT2D eigenvalue weighted by atomic mass is 10.1. The highest BCUT2D eigenvalue weighted by molar-refractivity contribution is 7.99. The first kappa shape index (κ1) is 17.8. The molecule has 6 heteroatoms. The standard InChI is InChI=1S/C16H26N2O2S2/c1-3-14(13-21-16-7-5-4-6-8-16)17-15-9-11-18(12-10-15)22(2,19)20/h4-8,14-15,17H,3,9-13H2,1-2H3. The van der Waals surface area contributed by atoms with Crippen LogP contribution in [0.1, 0.15) is 26.2 Å². The number of benzene rings is 1. The fourth-order valence-corrected chi connectivity index (χ4v) is 4.63. The molecule has 22 heavy (non-hydrogen) atoms. The summed E-state index contributed by atoms with van der Waals surface area (Å²) < 4.78 is 24.7. The molecule has 1 aliphatic rings. The Kier molecular flexibility index (Phi) is 6.74. The minimum Gasteiger partial charge on any atom is -0.310 e. The lowest BCUT2D eigenvalue weighted by Crippen LogP contribution is -2.48. The van der Waals surface area contributed by atoms with Gasteiger partial charge in [0, 0.05) is 35.8 Å². The number of hydrogen-bond acceptors (Lipinski definition) is 4. The van der Waals surface area contributed by atoms with E-state index in [2.05, 4.69) is 36.5 Å². The predicted molar refractivity (Wildman–Crippen MR) is 93.8 cm³/mol. The molecule has 0 aromatic heterocycles. The summed E-state index contributed by atoms with van der Waals surface area (Å²) in [5, 5.41) is 3.71. The first-order valence-corrected chi connectivity index (χ1v) is 10.7. The molecule has 0 aliphatic carbocycles. The summed E-state index contributed by atoms with van der Waals surface area (Å²) in [6.45, 7) is 3.48. The highest BCUT2D eigenvalue weighted by Crippen LogP contribution is 2.20. The van der Waals surface area contributed by atoms with Gasteiger partial charge in [0.2, 0.25) is 10.0 Å². The molecule has 0 spiro atoms. The SMILES string of the molecule is CCC(CSc1ccccc1)NC1CCN(S(C)(=O)=O)CC1. The summed E-state index contributed by atoms with van der Waals surface area (Å²) >= 11 is 1.88. The van der Waals surface area contributed by atoms with E-state index in [1.807, 2.05) is 17.8 Å². The van der Waals surface area contributed by atoms with Crippen LogP contribution in [0.15, 0.2) is 35.2 Å². The van der Waals surface area contributed by atoms with Gasteiger partial charge in [0.1, 0.15) is 0 Å². The molecule has 4 nitrogen and oxygen atoms in total. The second-order valence-electron chi connectivity index (χ2n) is 5.83. The molecule has 0 amide bonds. The van der Waals surface area contributed by atoms with Gasteiger partial charge in [-0.25, -0.2) is 12.7 Å². The summed E-state index contributed by atoms with van der Waals surface area (Å²) in [7, 11) is -3.03. The molecular weight excluding hydrogens is 316 g/mol. The molecule has 1 unspecified atom stereocenters. The van der Waals surface area contributed by atoms with Crippen molar-refractivity contribution in [1.29, 1.82) is 0 Å². The number of rotatable bonds is 7. The molecule has 1 aromatic rings. The van der Waals surface area contributed by atoms with Crippen molar-refractivity contribution in [3.05, 3.63) is 30.3 Å². The number of thioether (sulfide) groups is 1. The van der Waals surface area contributed by atoms with Gasteiger partial charge in [0.05, 0.1) is 6.26 Å². The van der Waals surface area contributed by atoms with Crippen molar-refractivity contribution in [2.75, 3.05) is 25.1 Å². The number of sulfonamides is 1. The maximum absolute atomic E-state index is 11.5. The number of nitrogens with one attached hydrogen (secondary N) is 1. The smallest absolute Gasteiger partial charge is 0.211 e. The third-order valence-electron chi connectivity index (χ3n) is 4.08. The van der Waals surface area contributed by atoms with Crippen LogP contribution in [0.25, 0.3) is 0 Å². The van der Waals surface area contributed by atoms with Gasteiger partial charge >= 0.3 is 0 Å². The maximum atomic E-state index is 11.5. The Hall–Kier alpha value is -0.560. The van der Waals surface area contributed by atoms with Gasteiger partial charge in [-0.3, -0.25) is 0 Å². The van der Waals surface area contributed by atoms with E-state index in [1.54, 1.807) is 4.31 Å². The van der Waals surface area contributed by atoms with Crippen LogP contribution in [0.4, 0.5) is 0 Å². The largest absolute Gasteiger partial charge is 0.310 e. The Morgan fingerprint density at radius 3 is 2.45 bits per heavy atom. The van der Waals surface area contributed by atoms with Gasteiger partial charge in [-0.1, -0.05) is 25.1 Å². The first-order chi connectivity index (χ1) is 10.5. The van der Waals surface area contributed by atoms with Crippen molar-refractivity contribution in [2.24, 2.45) is 0 Å². The van der Waals surface area contributed by atoms with E-state index < -0.39 is 10.0 Å². The van der Waals surface area contributed by atoms with E-state index in [0.29, 0.717) is 25.2 Å². The zero-order valence-electron chi connectivity index (χ0n) is 13.4. The van der Waals surface area contributed by atoms with Crippen LogP contribution in [-0.4, -0.2) is 49.9 Å². The van der Waals surface area contributed by atoms with Crippen LogP contribution >= 0.6 is 11.8 Å². The molecule has 1 aromatic carbocycles. The number of piperidine rings is 1. The van der Waals surface area contributed by atoms with Crippen molar-refractivity contribution < 1.29 is 8.42 Å². The van der Waals surface area contributed by atoms with Crippen molar-refractivity contribution in [3.63, 3.8) is 0 Å². The summed E-state index contributed by atoms with van der Waals surface area (Å²) in [5.74, 6) is 1.05. The summed E-state index contributed by atoms with van der Waals surface area (Å²) in [4.78, 5) is 1.30. The fraction of sp³-hybridized carbons (Fsp3) is 0.625. The molecule has 1 saturated heterocycles. The van der Waals surface area contributed by atoms with Gasteiger partial charge in [0.15, 0.2) is 0 Å². The van der Waals surface area contributed by atoms with Gasteiger partial charge in [-0.15, -0.1) is 11.8 Å². The maximum Gasteiger partial charge on any atom is 0.211 e. The molecule has 0 bridgehead atoms. The lowest BCUT2D eigenvalue weighted by Gasteiger charge is -2.33. The number of hydrogen-bond donors (Lipinski definition) is 1. The van der Waals surface area contributed by atoms with E-state index in [1.165, 1.54) is 11.2 Å². The van der Waals surface area contributed by atoms with Gasteiger partial charge in [-0.2, -0.15) is 0 Å². The molecule has 1 heterocycles. The lowest BCUT2D eigenvalue weighted by molar-refractivity contribution is 0.277. The summed E-state index contributed by atoms with van der Waals surface area (Å²) in [5.41, 5.74) is 0. The van der Waals surface area contributed by atoms with E-state index in [0.717, 1.165) is 25.0 Å². The molecular formula is C16H26N2O2S2. The number of nitrogens with zero attached hydrogens (tertiary/aromatic N) is 1. The van der Waals surface area contributed by atoms with Crippen molar-refractivity contribution in [3.8, 4) is 0 Å². The third-order valence-corrected chi connectivity index (χ3v) is 6.56. The average Bonchev–Trinajstić information content (AvgIpc) is 2.52. The van der Waals surface area contributed by atoms with Crippen LogP contribution in [-0.2, 0) is 10.0 Å². The Balaban J connectivity index is 1.77. The monoisotopic (exact) mass is 342 g/mol. The van der Waals surface area contributed by atoms with E-state index in [9.17, 15) is 8.42 Å². The molecule has 124 valence electrons. The van der Waals surface area contributed by atoms with Crippen LogP contribution in [0.2, 0.25) is 0 Å². The Morgan fingerprint density at radius 2 is 1.91 bits per heavy atom. The summed E-state index contributed by atoms with van der Waals surface area (Å²) in [6, 6.07) is 11.4. The van der Waals surface area contributed by atoms with E-state index in [4.69, 9.17) is 0 Å². The molecule has 2 rings (SSSR count). The quantitative estimate of drug-likeness (QED) is 0.774. The molecule has 1 aliphatic heterocycles. The highest BCUT2D eigenvalue weighted by Gasteiger charge is 2.25. The third kappa shape index (κ3) is 5.57. The molecule has 1 atom stereocenters. The zero-order valence-corrected chi connectivity index (χ0v) is 15.0.